The van der Waals surface area contributed by atoms with Gasteiger partial charge in [0.15, 0.2) is 5.75 Å². The maximum atomic E-state index is 11.7. The summed E-state index contributed by atoms with van der Waals surface area (Å²) >= 11 is 0. The first kappa shape index (κ1) is 18.9. The molecule has 1 heterocycles. The van der Waals surface area contributed by atoms with Gasteiger partial charge in [-0.1, -0.05) is 0 Å². The predicted octanol–water partition coefficient (Wildman–Crippen LogP) is 2.15. The summed E-state index contributed by atoms with van der Waals surface area (Å²) in [5, 5.41) is 15.2. The Kier molecular flexibility index (Phi) is 5.89. The first-order chi connectivity index (χ1) is 12.4. The van der Waals surface area contributed by atoms with Crippen molar-refractivity contribution in [2.75, 3.05) is 19.1 Å². The van der Waals surface area contributed by atoms with E-state index in [1.54, 1.807) is 26.8 Å². The Hall–Kier alpha value is -3.43. The number of H-pyrrole nitrogens is 1. The number of nitrogens with zero attached hydrogens (tertiary/aromatic N) is 3. The van der Waals surface area contributed by atoms with Crippen LogP contribution in [0.4, 0.5) is 11.6 Å². The van der Waals surface area contributed by atoms with Crippen molar-refractivity contribution < 1.29 is 14.4 Å². The molecule has 138 valence electrons. The lowest BCUT2D eigenvalue weighted by Crippen LogP contribution is -2.15. The number of nitro groups is 1. The van der Waals surface area contributed by atoms with Gasteiger partial charge in [0.25, 0.3) is 5.56 Å². The number of hydrazone groups is 1. The zero-order valence-corrected chi connectivity index (χ0v) is 14.8. The largest absolute Gasteiger partial charge is 0.490 e. The van der Waals surface area contributed by atoms with Crippen LogP contribution in [0.25, 0.3) is 0 Å². The van der Waals surface area contributed by atoms with Crippen LogP contribution in [0.3, 0.4) is 0 Å². The highest BCUT2D eigenvalue weighted by Gasteiger charge is 2.21. The Bertz CT molecular complexity index is 907. The van der Waals surface area contributed by atoms with Gasteiger partial charge in [0.1, 0.15) is 0 Å². The van der Waals surface area contributed by atoms with Gasteiger partial charge < -0.3 is 9.47 Å². The Morgan fingerprint density at radius 1 is 1.42 bits per heavy atom. The molecule has 0 aliphatic carbocycles. The number of hydrogen-bond donors (Lipinski definition) is 2. The summed E-state index contributed by atoms with van der Waals surface area (Å²) in [5.74, 6) is 0.452. The topological polar surface area (TPSA) is 132 Å². The number of hydrogen-bond acceptors (Lipinski definition) is 8. The van der Waals surface area contributed by atoms with Gasteiger partial charge in [-0.05, 0) is 26.8 Å². The number of aromatic nitrogens is 2. The molecular formula is C16H19N5O5. The molecule has 2 N–H and O–H groups in total. The van der Waals surface area contributed by atoms with E-state index in [1.807, 2.05) is 0 Å². The number of rotatable bonds is 7. The van der Waals surface area contributed by atoms with Crippen LogP contribution in [-0.2, 0) is 0 Å². The number of aryl methyl sites for hydroxylation is 1. The van der Waals surface area contributed by atoms with Crippen LogP contribution >= 0.6 is 0 Å². The zero-order chi connectivity index (χ0) is 19.3. The van der Waals surface area contributed by atoms with E-state index in [-0.39, 0.29) is 28.7 Å². The average Bonchev–Trinajstić information content (AvgIpc) is 2.59. The number of nitrogens with one attached hydrogen (secondary N) is 2. The lowest BCUT2D eigenvalue weighted by molar-refractivity contribution is -0.385. The van der Waals surface area contributed by atoms with E-state index in [2.05, 4.69) is 20.5 Å². The number of aromatic amines is 1. The molecule has 0 bridgehead atoms. The second-order valence-electron chi connectivity index (χ2n) is 5.26. The number of nitro benzene ring substituents is 1. The van der Waals surface area contributed by atoms with Gasteiger partial charge in [0.2, 0.25) is 11.7 Å². The maximum absolute atomic E-state index is 11.7. The summed E-state index contributed by atoms with van der Waals surface area (Å²) in [6.07, 6.45) is 1.35. The third kappa shape index (κ3) is 4.15. The third-order valence-electron chi connectivity index (χ3n) is 3.54. The van der Waals surface area contributed by atoms with Gasteiger partial charge in [-0.25, -0.2) is 10.4 Å². The van der Waals surface area contributed by atoms with Crippen molar-refractivity contribution in [1.29, 1.82) is 0 Å². The molecule has 1 aromatic heterocycles. The highest BCUT2D eigenvalue weighted by atomic mass is 16.6. The van der Waals surface area contributed by atoms with Gasteiger partial charge in [0, 0.05) is 22.9 Å². The molecule has 0 fully saturated rings. The average molecular weight is 361 g/mol. The number of methoxy groups -OCH3 is 1. The molecule has 0 amide bonds. The van der Waals surface area contributed by atoms with Gasteiger partial charge in [-0.15, -0.1) is 0 Å². The quantitative estimate of drug-likeness (QED) is 0.439. The van der Waals surface area contributed by atoms with Crippen LogP contribution in [0, 0.1) is 24.0 Å². The van der Waals surface area contributed by atoms with E-state index in [9.17, 15) is 14.9 Å². The lowest BCUT2D eigenvalue weighted by Gasteiger charge is -2.10. The molecule has 2 rings (SSSR count). The van der Waals surface area contributed by atoms with Gasteiger partial charge >= 0.3 is 5.69 Å². The fraction of sp³-hybridized carbons (Fsp3) is 0.312. The highest BCUT2D eigenvalue weighted by molar-refractivity contribution is 5.83. The normalized spacial score (nSPS) is 10.8. The Balaban J connectivity index is 2.32. The van der Waals surface area contributed by atoms with Gasteiger partial charge in [0.05, 0.1) is 24.9 Å². The minimum absolute atomic E-state index is 0.0436. The van der Waals surface area contributed by atoms with Crippen LogP contribution < -0.4 is 20.5 Å². The van der Waals surface area contributed by atoms with Crippen molar-refractivity contribution in [3.63, 3.8) is 0 Å². The third-order valence-corrected chi connectivity index (χ3v) is 3.54. The predicted molar refractivity (Wildman–Crippen MR) is 96.4 cm³/mol. The van der Waals surface area contributed by atoms with Crippen molar-refractivity contribution in [2.24, 2.45) is 5.10 Å². The smallest absolute Gasteiger partial charge is 0.315 e. The molecule has 1 aromatic carbocycles. The van der Waals surface area contributed by atoms with E-state index in [4.69, 9.17) is 9.47 Å². The van der Waals surface area contributed by atoms with E-state index >= 15 is 0 Å². The monoisotopic (exact) mass is 361 g/mol. The highest BCUT2D eigenvalue weighted by Crippen LogP contribution is 2.37. The SMILES string of the molecule is CCOc1cc(/C=N\Nc2nc(C)c(C)c(=O)[nH]2)cc([N+](=O)[O-])c1OC. The second-order valence-corrected chi connectivity index (χ2v) is 5.26. The molecule has 0 saturated carbocycles. The summed E-state index contributed by atoms with van der Waals surface area (Å²) in [6, 6.07) is 2.88. The summed E-state index contributed by atoms with van der Waals surface area (Å²) in [4.78, 5) is 29.1. The molecule has 0 aliphatic rings. The molecule has 0 spiro atoms. The molecule has 0 atom stereocenters. The van der Waals surface area contributed by atoms with Gasteiger partial charge in [-0.3, -0.25) is 19.9 Å². The van der Waals surface area contributed by atoms with Gasteiger partial charge in [-0.2, -0.15) is 5.10 Å². The standard InChI is InChI=1S/C16H19N5O5/c1-5-26-13-7-11(6-12(21(23)24)14(13)25-4)8-17-20-16-18-10(3)9(2)15(22)19-16/h6-8H,5H2,1-4H3,(H2,18,19,20,22)/b17-8-. The number of anilines is 1. The first-order valence-electron chi connectivity index (χ1n) is 7.73. The van der Waals surface area contributed by atoms with E-state index in [0.29, 0.717) is 23.4 Å². The fourth-order valence-corrected chi connectivity index (χ4v) is 2.15. The summed E-state index contributed by atoms with van der Waals surface area (Å²) in [5.41, 5.74) is 3.59. The number of benzene rings is 1. The molecule has 10 nitrogen and oxygen atoms in total. The summed E-state index contributed by atoms with van der Waals surface area (Å²) in [6.45, 7) is 5.45. The second kappa shape index (κ2) is 8.10. The Morgan fingerprint density at radius 2 is 2.15 bits per heavy atom. The molecule has 26 heavy (non-hydrogen) atoms. The van der Waals surface area contributed by atoms with Crippen LogP contribution in [0.15, 0.2) is 22.0 Å². The minimum atomic E-state index is -0.561. The summed E-state index contributed by atoms with van der Waals surface area (Å²) in [7, 11) is 1.34. The molecule has 10 heteroatoms. The van der Waals surface area contributed by atoms with Crippen molar-refractivity contribution in [3.8, 4) is 11.5 Å². The van der Waals surface area contributed by atoms with Crippen LogP contribution in [0.2, 0.25) is 0 Å². The van der Waals surface area contributed by atoms with Crippen LogP contribution in [-0.4, -0.2) is 34.8 Å². The van der Waals surface area contributed by atoms with Crippen molar-refractivity contribution in [3.05, 3.63) is 49.4 Å². The Labute approximate surface area is 149 Å². The zero-order valence-electron chi connectivity index (χ0n) is 14.8. The molecule has 0 saturated heterocycles. The van der Waals surface area contributed by atoms with Crippen molar-refractivity contribution in [1.82, 2.24) is 9.97 Å². The first-order valence-corrected chi connectivity index (χ1v) is 7.73. The maximum Gasteiger partial charge on any atom is 0.315 e. The van der Waals surface area contributed by atoms with E-state index in [1.165, 1.54) is 19.4 Å². The van der Waals surface area contributed by atoms with Crippen molar-refractivity contribution in [2.45, 2.75) is 20.8 Å². The number of ether oxygens (including phenoxy) is 2. The van der Waals surface area contributed by atoms with Crippen molar-refractivity contribution >= 4 is 17.9 Å². The van der Waals surface area contributed by atoms with Crippen LogP contribution in [0.5, 0.6) is 11.5 Å². The van der Waals surface area contributed by atoms with E-state index in [0.717, 1.165) is 0 Å². The Morgan fingerprint density at radius 3 is 2.73 bits per heavy atom. The lowest BCUT2D eigenvalue weighted by atomic mass is 10.2. The fourth-order valence-electron chi connectivity index (χ4n) is 2.15. The molecule has 2 aromatic rings. The minimum Gasteiger partial charge on any atom is -0.490 e. The summed E-state index contributed by atoms with van der Waals surface area (Å²) < 4.78 is 10.5. The molecule has 0 unspecified atom stereocenters. The van der Waals surface area contributed by atoms with Crippen LogP contribution in [0.1, 0.15) is 23.7 Å². The molecule has 0 radical (unpaired) electrons. The van der Waals surface area contributed by atoms with E-state index < -0.39 is 4.92 Å². The molecular weight excluding hydrogens is 342 g/mol. The molecule has 0 aliphatic heterocycles.